The molecule has 1 saturated heterocycles. The van der Waals surface area contributed by atoms with Gasteiger partial charge in [0.25, 0.3) is 0 Å². The summed E-state index contributed by atoms with van der Waals surface area (Å²) in [6.07, 6.45) is -0.236. The Morgan fingerprint density at radius 1 is 1.47 bits per heavy atom. The van der Waals surface area contributed by atoms with E-state index in [9.17, 15) is 9.90 Å². The molecule has 17 heavy (non-hydrogen) atoms. The molecular formula is C11H23N2O3Si+. The highest BCUT2D eigenvalue weighted by Gasteiger charge is 2.27. The minimum absolute atomic E-state index is 0.0354. The summed E-state index contributed by atoms with van der Waals surface area (Å²) in [7, 11) is 1.64. The SMILES string of the molecule is CN1CCN(C(=O)OCC[Si+](C)C)C[C@H]1CO. The number of aliphatic hydroxyl groups is 1. The highest BCUT2D eigenvalue weighted by Crippen LogP contribution is 2.08. The van der Waals surface area contributed by atoms with Crippen LogP contribution < -0.4 is 0 Å². The average molecular weight is 259 g/mol. The fraction of sp³-hybridized carbons (Fsp3) is 0.909. The molecule has 1 atom stereocenters. The van der Waals surface area contributed by atoms with E-state index >= 15 is 0 Å². The van der Waals surface area contributed by atoms with Crippen LogP contribution in [-0.4, -0.2) is 75.7 Å². The average Bonchev–Trinajstić information content (AvgIpc) is 2.29. The van der Waals surface area contributed by atoms with E-state index in [2.05, 4.69) is 18.0 Å². The Bertz CT molecular complexity index is 251. The second-order valence-electron chi connectivity index (χ2n) is 4.83. The third kappa shape index (κ3) is 4.65. The fourth-order valence-electron chi connectivity index (χ4n) is 1.74. The van der Waals surface area contributed by atoms with E-state index < -0.39 is 0 Å². The van der Waals surface area contributed by atoms with E-state index in [0.29, 0.717) is 19.7 Å². The van der Waals surface area contributed by atoms with Crippen molar-refractivity contribution in [2.75, 3.05) is 39.9 Å². The van der Waals surface area contributed by atoms with E-state index in [1.54, 1.807) is 4.90 Å². The van der Waals surface area contributed by atoms with Crippen molar-refractivity contribution in [2.45, 2.75) is 25.2 Å². The molecule has 0 aromatic carbocycles. The van der Waals surface area contributed by atoms with Crippen molar-refractivity contribution in [1.29, 1.82) is 0 Å². The second-order valence-corrected chi connectivity index (χ2v) is 7.75. The van der Waals surface area contributed by atoms with Crippen LogP contribution in [0.5, 0.6) is 0 Å². The molecule has 1 aliphatic heterocycles. The van der Waals surface area contributed by atoms with Crippen LogP contribution in [0.15, 0.2) is 0 Å². The number of nitrogens with zero attached hydrogens (tertiary/aromatic N) is 2. The van der Waals surface area contributed by atoms with Crippen molar-refractivity contribution < 1.29 is 14.6 Å². The summed E-state index contributed by atoms with van der Waals surface area (Å²) in [4.78, 5) is 15.5. The van der Waals surface area contributed by atoms with Crippen LogP contribution in [-0.2, 0) is 4.74 Å². The van der Waals surface area contributed by atoms with Crippen molar-refractivity contribution in [3.63, 3.8) is 0 Å². The monoisotopic (exact) mass is 259 g/mol. The molecule has 1 heterocycles. The predicted octanol–water partition coefficient (Wildman–Crippen LogP) is 0.486. The molecule has 98 valence electrons. The fourth-order valence-corrected chi connectivity index (χ4v) is 2.25. The maximum atomic E-state index is 11.8. The van der Waals surface area contributed by atoms with Gasteiger partial charge in [-0.2, -0.15) is 0 Å². The lowest BCUT2D eigenvalue weighted by Crippen LogP contribution is -2.54. The summed E-state index contributed by atoms with van der Waals surface area (Å²) < 4.78 is 5.23. The molecule has 0 radical (unpaired) electrons. The summed E-state index contributed by atoms with van der Waals surface area (Å²) in [5, 5.41) is 9.19. The zero-order valence-corrected chi connectivity index (χ0v) is 12.0. The number of likely N-dealkylation sites (N-methyl/N-ethyl adjacent to an activating group) is 1. The first-order valence-corrected chi connectivity index (χ1v) is 8.77. The lowest BCUT2D eigenvalue weighted by atomic mass is 10.2. The van der Waals surface area contributed by atoms with E-state index in [1.165, 1.54) is 0 Å². The van der Waals surface area contributed by atoms with Gasteiger partial charge in [-0.05, 0) is 7.05 Å². The number of hydrogen-bond acceptors (Lipinski definition) is 4. The summed E-state index contributed by atoms with van der Waals surface area (Å²) in [5.74, 6) is 0. The van der Waals surface area contributed by atoms with Gasteiger partial charge in [0.2, 0.25) is 0 Å². The molecule has 0 bridgehead atoms. The first-order valence-electron chi connectivity index (χ1n) is 6.06. The lowest BCUT2D eigenvalue weighted by molar-refractivity contribution is 0.0434. The topological polar surface area (TPSA) is 53.0 Å². The molecule has 0 saturated carbocycles. The van der Waals surface area contributed by atoms with Gasteiger partial charge in [-0.15, -0.1) is 0 Å². The molecule has 0 aliphatic carbocycles. The molecule has 1 N–H and O–H groups in total. The van der Waals surface area contributed by atoms with Crippen LogP contribution in [0.3, 0.4) is 0 Å². The van der Waals surface area contributed by atoms with Crippen molar-refractivity contribution in [3.05, 3.63) is 0 Å². The Morgan fingerprint density at radius 2 is 2.18 bits per heavy atom. The van der Waals surface area contributed by atoms with E-state index in [0.717, 1.165) is 12.6 Å². The van der Waals surface area contributed by atoms with Crippen LogP contribution in [0.2, 0.25) is 19.1 Å². The molecular weight excluding hydrogens is 236 g/mol. The number of ether oxygens (including phenoxy) is 1. The van der Waals surface area contributed by atoms with E-state index in [-0.39, 0.29) is 27.5 Å². The molecule has 6 heteroatoms. The van der Waals surface area contributed by atoms with E-state index in [4.69, 9.17) is 4.74 Å². The number of hydrogen-bond donors (Lipinski definition) is 1. The number of rotatable bonds is 4. The Hall–Kier alpha value is -0.593. The molecule has 1 aliphatic rings. The first kappa shape index (κ1) is 14.5. The standard InChI is InChI=1S/C11H23N2O3Si/c1-12-4-5-13(8-10(12)9-14)11(15)16-6-7-17(2)3/h10,14H,4-9H2,1-3H3/q+1/t10-/m0/s1. The third-order valence-corrected chi connectivity index (χ3v) is 4.28. The molecule has 0 aromatic heterocycles. The number of carbonyl (C=O) groups is 1. The van der Waals surface area contributed by atoms with Gasteiger partial charge in [0.15, 0.2) is 0 Å². The molecule has 1 amide bonds. The quantitative estimate of drug-likeness (QED) is 0.746. The Kier molecular flexibility index (Phi) is 5.94. The molecule has 0 aromatic rings. The van der Waals surface area contributed by atoms with Gasteiger partial charge >= 0.3 is 14.9 Å². The van der Waals surface area contributed by atoms with Crippen LogP contribution in [0.4, 0.5) is 4.79 Å². The van der Waals surface area contributed by atoms with Gasteiger partial charge < -0.3 is 14.7 Å². The molecule has 1 rings (SSSR count). The predicted molar refractivity (Wildman–Crippen MR) is 68.7 cm³/mol. The van der Waals surface area contributed by atoms with Gasteiger partial charge in [0, 0.05) is 19.6 Å². The van der Waals surface area contributed by atoms with Crippen molar-refractivity contribution in [3.8, 4) is 0 Å². The molecule has 0 spiro atoms. The molecule has 5 nitrogen and oxygen atoms in total. The van der Waals surface area contributed by atoms with E-state index in [1.807, 2.05) is 7.05 Å². The summed E-state index contributed by atoms with van der Waals surface area (Å²) in [6.45, 7) is 7.04. The highest BCUT2D eigenvalue weighted by molar-refractivity contribution is 6.55. The van der Waals surface area contributed by atoms with Crippen molar-refractivity contribution in [2.24, 2.45) is 0 Å². The normalized spacial score (nSPS) is 21.4. The van der Waals surface area contributed by atoms with Gasteiger partial charge in [-0.25, -0.2) is 4.79 Å². The summed E-state index contributed by atoms with van der Waals surface area (Å²) >= 11 is 0. The Labute approximate surface area is 105 Å². The van der Waals surface area contributed by atoms with Crippen LogP contribution in [0, 0.1) is 0 Å². The largest absolute Gasteiger partial charge is 0.447 e. The summed E-state index contributed by atoms with van der Waals surface area (Å²) in [6, 6.07) is 1.03. The number of carbonyl (C=O) groups excluding carboxylic acids is 1. The zero-order valence-electron chi connectivity index (χ0n) is 11.0. The van der Waals surface area contributed by atoms with Gasteiger partial charge in [-0.3, -0.25) is 4.90 Å². The zero-order chi connectivity index (χ0) is 12.8. The van der Waals surface area contributed by atoms with Crippen LogP contribution >= 0.6 is 0 Å². The Balaban J connectivity index is 2.32. The van der Waals surface area contributed by atoms with Crippen LogP contribution in [0.25, 0.3) is 0 Å². The number of piperazine rings is 1. The first-order chi connectivity index (χ1) is 8.04. The minimum Gasteiger partial charge on any atom is -0.447 e. The van der Waals surface area contributed by atoms with Crippen molar-refractivity contribution >= 4 is 14.9 Å². The summed E-state index contributed by atoms with van der Waals surface area (Å²) in [5.41, 5.74) is 0. The van der Waals surface area contributed by atoms with Gasteiger partial charge in [-0.1, -0.05) is 0 Å². The molecule has 0 unspecified atom stereocenters. The maximum absolute atomic E-state index is 11.8. The second kappa shape index (κ2) is 6.98. The maximum Gasteiger partial charge on any atom is 0.409 e. The highest BCUT2D eigenvalue weighted by atomic mass is 28.3. The van der Waals surface area contributed by atoms with Gasteiger partial charge in [0.05, 0.1) is 25.7 Å². The number of aliphatic hydroxyl groups excluding tert-OH is 1. The van der Waals surface area contributed by atoms with Gasteiger partial charge in [0.1, 0.15) is 12.7 Å². The lowest BCUT2D eigenvalue weighted by Gasteiger charge is -2.37. The minimum atomic E-state index is -0.328. The Morgan fingerprint density at radius 3 is 2.76 bits per heavy atom. The third-order valence-electron chi connectivity index (χ3n) is 3.07. The molecule has 1 fully saturated rings. The smallest absolute Gasteiger partial charge is 0.409 e. The number of amides is 1. The van der Waals surface area contributed by atoms with Crippen LogP contribution in [0.1, 0.15) is 0 Å². The van der Waals surface area contributed by atoms with Crippen molar-refractivity contribution in [1.82, 2.24) is 9.80 Å².